The molecule has 0 radical (unpaired) electrons. The summed E-state index contributed by atoms with van der Waals surface area (Å²) < 4.78 is 34.2. The molecule has 0 saturated carbocycles. The van der Waals surface area contributed by atoms with Crippen LogP contribution >= 0.6 is 0 Å². The summed E-state index contributed by atoms with van der Waals surface area (Å²) in [6.07, 6.45) is 0. The monoisotopic (exact) mass is 553 g/mol. The van der Waals surface area contributed by atoms with Gasteiger partial charge in [-0.05, 0) is 0 Å². The molecule has 12 nitrogen and oxygen atoms in total. The van der Waals surface area contributed by atoms with E-state index in [1.165, 1.54) is 12.1 Å². The van der Waals surface area contributed by atoms with E-state index in [0.29, 0.717) is 79.3 Å². The van der Waals surface area contributed by atoms with Gasteiger partial charge in [-0.2, -0.15) is 0 Å². The van der Waals surface area contributed by atoms with Crippen LogP contribution in [-0.2, 0) is 28.4 Å². The minimum atomic E-state index is -0.542. The number of nitro groups is 1. The van der Waals surface area contributed by atoms with Crippen molar-refractivity contribution in [1.82, 2.24) is 9.80 Å². The summed E-state index contributed by atoms with van der Waals surface area (Å²) in [6.45, 7) is 13.2. The van der Waals surface area contributed by atoms with E-state index in [1.807, 2.05) is 0 Å². The molecule has 1 aromatic rings. The van der Waals surface area contributed by atoms with E-state index in [2.05, 4.69) is 9.80 Å². The van der Waals surface area contributed by atoms with Gasteiger partial charge < -0.3 is 33.5 Å². The van der Waals surface area contributed by atoms with E-state index in [0.717, 1.165) is 51.4 Å². The maximum Gasteiger partial charge on any atom is 1.00 e. The molecule has 206 valence electrons. The molecule has 13 heteroatoms. The summed E-state index contributed by atoms with van der Waals surface area (Å²) in [7, 11) is 0. The fraction of sp³-hybridized carbons (Fsp3) is 0.750. The van der Waals surface area contributed by atoms with Gasteiger partial charge in [-0.3, -0.25) is 19.9 Å². The van der Waals surface area contributed by atoms with Crippen molar-refractivity contribution in [3.8, 4) is 5.75 Å². The number of non-ortho nitro benzene ring substituents is 1. The maximum absolute atomic E-state index is 10.4. The quantitative estimate of drug-likeness (QED) is 0.206. The Bertz CT molecular complexity index is 610. The molecule has 0 atom stereocenters. The topological polar surface area (TPSA) is 128 Å². The van der Waals surface area contributed by atoms with Gasteiger partial charge in [-0.1, -0.05) is 12.1 Å². The Balaban J connectivity index is 0.000000523. The van der Waals surface area contributed by atoms with E-state index in [1.54, 1.807) is 0 Å². The van der Waals surface area contributed by atoms with Crippen molar-refractivity contribution >= 4 is 5.69 Å². The second kappa shape index (κ2) is 23.6. The second-order valence-corrected chi connectivity index (χ2v) is 8.11. The van der Waals surface area contributed by atoms with Gasteiger partial charge in [-0.15, -0.1) is 5.75 Å². The van der Waals surface area contributed by atoms with Crippen LogP contribution < -0.4 is 56.5 Å². The van der Waals surface area contributed by atoms with Crippen LogP contribution in [0.4, 0.5) is 5.69 Å². The number of hydrogen-bond acceptors (Lipinski definition) is 11. The van der Waals surface area contributed by atoms with Crippen LogP contribution in [0.5, 0.6) is 5.75 Å². The largest absolute Gasteiger partial charge is 1.00 e. The van der Waals surface area contributed by atoms with Crippen molar-refractivity contribution in [1.29, 1.82) is 0 Å². The molecule has 3 aliphatic rings. The first-order chi connectivity index (χ1) is 17.6. The first kappa shape index (κ1) is 34.8. The molecule has 2 bridgehead atoms. The predicted octanol–water partition coefficient (Wildman–Crippen LogP) is -2.61. The van der Waals surface area contributed by atoms with Crippen LogP contribution in [-0.4, -0.2) is 133 Å². The molecule has 0 aliphatic carbocycles. The molecular weight excluding hydrogens is 513 g/mol. The van der Waals surface area contributed by atoms with Gasteiger partial charge in [-0.25, -0.2) is 0 Å². The first-order valence-electron chi connectivity index (χ1n) is 12.5. The van der Waals surface area contributed by atoms with Crippen LogP contribution in [0.25, 0.3) is 0 Å². The van der Waals surface area contributed by atoms with Crippen molar-refractivity contribution in [2.75, 3.05) is 119 Å². The third-order valence-corrected chi connectivity index (χ3v) is 5.47. The number of nitrogens with zero attached hydrogens (tertiary/aromatic N) is 3. The van der Waals surface area contributed by atoms with Crippen LogP contribution in [0.15, 0.2) is 24.3 Å². The van der Waals surface area contributed by atoms with Gasteiger partial charge in [0.2, 0.25) is 0 Å². The van der Waals surface area contributed by atoms with Crippen molar-refractivity contribution in [2.45, 2.75) is 0 Å². The van der Waals surface area contributed by atoms with Crippen LogP contribution in [0.2, 0.25) is 0 Å². The van der Waals surface area contributed by atoms with Gasteiger partial charge in [0, 0.05) is 51.4 Å². The fourth-order valence-corrected chi connectivity index (χ4v) is 3.37. The van der Waals surface area contributed by atoms with Crippen molar-refractivity contribution in [2.24, 2.45) is 0 Å². The van der Waals surface area contributed by atoms with E-state index in [9.17, 15) is 15.2 Å². The molecule has 0 amide bonds. The molecule has 0 unspecified atom stereocenters. The SMILES string of the molecule is C1COCCN2CCOCCOCCN(CCO1)CCOCCOCC2.O=[N+]([O-])c1ccc([O-])cc1.[K+]. The average Bonchev–Trinajstić information content (AvgIpc) is 2.87. The maximum atomic E-state index is 10.4. The van der Waals surface area contributed by atoms with Gasteiger partial charge >= 0.3 is 51.4 Å². The second-order valence-electron chi connectivity index (χ2n) is 8.11. The Morgan fingerprint density at radius 3 is 1.05 bits per heavy atom. The van der Waals surface area contributed by atoms with E-state index >= 15 is 0 Å². The molecule has 3 fully saturated rings. The average molecular weight is 554 g/mol. The third kappa shape index (κ3) is 18.6. The van der Waals surface area contributed by atoms with Crippen LogP contribution in [0.3, 0.4) is 0 Å². The Morgan fingerprint density at radius 2 is 0.811 bits per heavy atom. The van der Waals surface area contributed by atoms with Crippen LogP contribution in [0.1, 0.15) is 0 Å². The number of fused-ring (bicyclic) bond motifs is 21. The standard InChI is InChI=1S/C18H36N2O6.C6H5NO3.K/c1-7-21-13-14-24-10-4-20-5-11-25-17-15-22-8-2-19(1)3-9-23-16-18-26-12-6-20;8-6-3-1-5(2-4-6)7(9)10;/h1-18H2;1-4,8H;/q;;+1/p-1. The van der Waals surface area contributed by atoms with E-state index in [-0.39, 0.29) is 62.8 Å². The van der Waals surface area contributed by atoms with Gasteiger partial charge in [0.05, 0.1) is 84.2 Å². The summed E-state index contributed by atoms with van der Waals surface area (Å²) >= 11 is 0. The molecule has 0 aromatic heterocycles. The minimum Gasteiger partial charge on any atom is -0.872 e. The molecule has 4 rings (SSSR count). The summed E-state index contributed by atoms with van der Waals surface area (Å²) in [5.74, 6) is -0.217. The van der Waals surface area contributed by atoms with Crippen molar-refractivity contribution in [3.05, 3.63) is 34.4 Å². The number of hydrogen-bond donors (Lipinski definition) is 0. The zero-order chi connectivity index (χ0) is 25.7. The van der Waals surface area contributed by atoms with E-state index in [4.69, 9.17) is 28.4 Å². The molecule has 0 spiro atoms. The number of rotatable bonds is 1. The first-order valence-corrected chi connectivity index (χ1v) is 12.5. The minimum absolute atomic E-state index is 0. The summed E-state index contributed by atoms with van der Waals surface area (Å²) in [4.78, 5) is 14.1. The molecular formula is C24H40KN3O9. The van der Waals surface area contributed by atoms with Gasteiger partial charge in [0.1, 0.15) is 0 Å². The number of ether oxygens (including phenoxy) is 6. The molecule has 37 heavy (non-hydrogen) atoms. The summed E-state index contributed by atoms with van der Waals surface area (Å²) in [5, 5.41) is 20.4. The Morgan fingerprint density at radius 1 is 0.541 bits per heavy atom. The molecule has 3 saturated heterocycles. The Kier molecular flexibility index (Phi) is 22.2. The molecule has 3 aliphatic heterocycles. The number of benzene rings is 1. The normalized spacial score (nSPS) is 23.9. The van der Waals surface area contributed by atoms with Crippen molar-refractivity contribution in [3.63, 3.8) is 0 Å². The van der Waals surface area contributed by atoms with Crippen LogP contribution in [0, 0.1) is 10.1 Å². The fourth-order valence-electron chi connectivity index (χ4n) is 3.37. The zero-order valence-electron chi connectivity index (χ0n) is 22.1. The van der Waals surface area contributed by atoms with Crippen molar-refractivity contribution < 1.29 is 89.8 Å². The Labute approximate surface area is 262 Å². The van der Waals surface area contributed by atoms with E-state index < -0.39 is 4.92 Å². The molecule has 1 aromatic carbocycles. The van der Waals surface area contributed by atoms with Gasteiger partial charge in [0.15, 0.2) is 0 Å². The predicted molar refractivity (Wildman–Crippen MR) is 130 cm³/mol. The van der Waals surface area contributed by atoms with Gasteiger partial charge in [0.25, 0.3) is 5.69 Å². The molecule has 0 N–H and O–H groups in total. The third-order valence-electron chi connectivity index (χ3n) is 5.47. The zero-order valence-corrected chi connectivity index (χ0v) is 25.2. The molecule has 3 heterocycles. The smallest absolute Gasteiger partial charge is 0.872 e. The Hall–Kier alpha value is -0.264. The summed E-state index contributed by atoms with van der Waals surface area (Å²) in [6, 6.07) is 4.70. The summed E-state index contributed by atoms with van der Waals surface area (Å²) in [5.41, 5.74) is -0.0559. The number of nitro benzene ring substituents is 1.